The summed E-state index contributed by atoms with van der Waals surface area (Å²) in [5.41, 5.74) is 5.41. The van der Waals surface area contributed by atoms with Crippen molar-refractivity contribution in [2.45, 2.75) is 437 Å². The molecular weight excluding hydrogens is 1090 g/mol. The van der Waals surface area contributed by atoms with Gasteiger partial charge in [-0.15, -0.1) is 0 Å². The van der Waals surface area contributed by atoms with Gasteiger partial charge in [0.25, 0.3) is 0 Å². The molecule has 0 aliphatic rings. The summed E-state index contributed by atoms with van der Waals surface area (Å²) in [6, 6.07) is 0. The van der Waals surface area contributed by atoms with Crippen LogP contribution in [-0.4, -0.2) is 49.3 Å². The number of hydrogen-bond acceptors (Lipinski definition) is 8. The Morgan fingerprint density at radius 3 is 0.826 bits per heavy atom. The fourth-order valence-corrected chi connectivity index (χ4v) is 12.9. The number of allylic oxidation sites excluding steroid dienone is 2. The SMILES string of the molecule is CCCCCCCCCC/C=C\CCCCCCCCCCCCCCCCCCCCCCCCCCCCCCCC(=O)OC(COC(=O)CCCCCCCCCCCCCCCCCCCCCCCCCC)COP(=O)(O)OCCN. The molecule has 0 radical (unpaired) electrons. The van der Waals surface area contributed by atoms with Gasteiger partial charge in [-0.3, -0.25) is 18.6 Å². The van der Waals surface area contributed by atoms with Crippen LogP contribution in [0.2, 0.25) is 0 Å². The van der Waals surface area contributed by atoms with Gasteiger partial charge in [-0.2, -0.15) is 0 Å². The van der Waals surface area contributed by atoms with Crippen LogP contribution < -0.4 is 5.73 Å². The first-order valence-corrected chi connectivity index (χ1v) is 40.2. The maximum absolute atomic E-state index is 12.8. The molecule has 2 atom stereocenters. The normalized spacial score (nSPS) is 12.8. The predicted molar refractivity (Wildman–Crippen MR) is 372 cm³/mol. The van der Waals surface area contributed by atoms with Crippen LogP contribution in [0.4, 0.5) is 0 Å². The first-order chi connectivity index (χ1) is 42.3. The van der Waals surface area contributed by atoms with E-state index in [1.807, 2.05) is 0 Å². The lowest BCUT2D eigenvalue weighted by Gasteiger charge is -2.19. The van der Waals surface area contributed by atoms with Gasteiger partial charge in [0.15, 0.2) is 6.10 Å². The van der Waals surface area contributed by atoms with Crippen LogP contribution in [0.3, 0.4) is 0 Å². The number of carbonyl (C=O) groups excluding carboxylic acids is 2. The molecule has 0 amide bonds. The molecule has 10 heteroatoms. The van der Waals surface area contributed by atoms with Gasteiger partial charge >= 0.3 is 19.8 Å². The molecule has 0 saturated carbocycles. The largest absolute Gasteiger partial charge is 0.472 e. The van der Waals surface area contributed by atoms with E-state index in [0.717, 1.165) is 32.1 Å². The number of unbranched alkanes of at least 4 members (excludes halogenated alkanes) is 60. The average molecular weight is 1240 g/mol. The van der Waals surface area contributed by atoms with Crippen molar-refractivity contribution in [2.24, 2.45) is 5.73 Å². The highest BCUT2D eigenvalue weighted by Crippen LogP contribution is 2.43. The summed E-state index contributed by atoms with van der Waals surface area (Å²) >= 11 is 0. The molecule has 0 aromatic rings. The molecule has 0 spiro atoms. The molecule has 0 rings (SSSR count). The topological polar surface area (TPSA) is 134 Å². The van der Waals surface area contributed by atoms with Crippen LogP contribution in [0.1, 0.15) is 431 Å². The second-order valence-corrected chi connectivity index (χ2v) is 28.0. The van der Waals surface area contributed by atoms with E-state index in [4.69, 9.17) is 24.3 Å². The zero-order valence-corrected chi connectivity index (χ0v) is 58.7. The maximum atomic E-state index is 12.8. The van der Waals surface area contributed by atoms with Gasteiger partial charge in [-0.1, -0.05) is 392 Å². The highest BCUT2D eigenvalue weighted by atomic mass is 31.2. The van der Waals surface area contributed by atoms with Gasteiger partial charge in [0, 0.05) is 19.4 Å². The minimum absolute atomic E-state index is 0.0583. The molecule has 0 heterocycles. The molecule has 0 saturated heterocycles. The summed E-state index contributed by atoms with van der Waals surface area (Å²) < 4.78 is 33.2. The molecule has 0 fully saturated rings. The zero-order valence-electron chi connectivity index (χ0n) is 57.9. The number of hydrogen-bond donors (Lipinski definition) is 2. The van der Waals surface area contributed by atoms with Crippen molar-refractivity contribution in [1.82, 2.24) is 0 Å². The summed E-state index contributed by atoms with van der Waals surface area (Å²) in [4.78, 5) is 35.4. The van der Waals surface area contributed by atoms with Gasteiger partial charge in [-0.25, -0.2) is 4.57 Å². The highest BCUT2D eigenvalue weighted by Gasteiger charge is 2.26. The molecule has 512 valence electrons. The molecule has 0 bridgehead atoms. The van der Waals surface area contributed by atoms with Crippen LogP contribution >= 0.6 is 7.82 Å². The van der Waals surface area contributed by atoms with E-state index in [1.165, 1.54) is 366 Å². The van der Waals surface area contributed by atoms with E-state index in [-0.39, 0.29) is 38.6 Å². The fraction of sp³-hybridized carbons (Fsp3) is 0.947. The van der Waals surface area contributed by atoms with Crippen LogP contribution in [0.5, 0.6) is 0 Å². The Kier molecular flexibility index (Phi) is 71.8. The van der Waals surface area contributed by atoms with Crippen LogP contribution in [0.25, 0.3) is 0 Å². The first kappa shape index (κ1) is 84.8. The number of phosphoric ester groups is 1. The average Bonchev–Trinajstić information content (AvgIpc) is 3.58. The quantitative estimate of drug-likeness (QED) is 0.0264. The lowest BCUT2D eigenvalue weighted by Crippen LogP contribution is -2.29. The second-order valence-electron chi connectivity index (χ2n) is 26.6. The number of carbonyl (C=O) groups is 2. The van der Waals surface area contributed by atoms with Gasteiger partial charge in [-0.05, 0) is 38.5 Å². The smallest absolute Gasteiger partial charge is 0.462 e. The maximum Gasteiger partial charge on any atom is 0.472 e. The summed E-state index contributed by atoms with van der Waals surface area (Å²) in [6.45, 7) is 3.84. The van der Waals surface area contributed by atoms with E-state index in [1.54, 1.807) is 0 Å². The highest BCUT2D eigenvalue weighted by molar-refractivity contribution is 7.47. The van der Waals surface area contributed by atoms with Crippen LogP contribution in [0, 0.1) is 0 Å². The fourth-order valence-electron chi connectivity index (χ4n) is 12.2. The van der Waals surface area contributed by atoms with E-state index >= 15 is 0 Å². The van der Waals surface area contributed by atoms with Crippen LogP contribution in [-0.2, 0) is 32.7 Å². The summed E-state index contributed by atoms with van der Waals surface area (Å²) in [5.74, 6) is -0.797. The Morgan fingerprint density at radius 2 is 0.570 bits per heavy atom. The number of phosphoric acid groups is 1. The first-order valence-electron chi connectivity index (χ1n) is 38.7. The van der Waals surface area contributed by atoms with Crippen molar-refractivity contribution in [3.8, 4) is 0 Å². The second kappa shape index (κ2) is 72.8. The van der Waals surface area contributed by atoms with Crippen molar-refractivity contribution in [2.75, 3.05) is 26.4 Å². The summed E-state index contributed by atoms with van der Waals surface area (Å²) in [6.07, 6.45) is 89.3. The van der Waals surface area contributed by atoms with Crippen LogP contribution in [0.15, 0.2) is 12.2 Å². The van der Waals surface area contributed by atoms with E-state index in [0.29, 0.717) is 6.42 Å². The molecule has 86 heavy (non-hydrogen) atoms. The Labute approximate surface area is 536 Å². The van der Waals surface area contributed by atoms with Crippen molar-refractivity contribution in [3.05, 3.63) is 12.2 Å². The number of ether oxygens (including phenoxy) is 2. The van der Waals surface area contributed by atoms with Gasteiger partial charge in [0.2, 0.25) is 0 Å². The molecule has 9 nitrogen and oxygen atoms in total. The van der Waals surface area contributed by atoms with Crippen molar-refractivity contribution in [1.29, 1.82) is 0 Å². The third kappa shape index (κ3) is 71.8. The summed E-state index contributed by atoms with van der Waals surface area (Å²) in [7, 11) is -4.39. The lowest BCUT2D eigenvalue weighted by atomic mass is 10.0. The standard InChI is InChI=1S/C76H150NO8P/c1-3-5-7-9-11-13-15-17-19-21-23-25-27-29-30-31-32-33-34-35-36-37-38-39-40-41-42-43-44-45-47-49-51-53-55-57-59-61-63-65-67-69-76(79)85-74(73-84-86(80,81)83-71-70-77)72-82-75(78)68-66-64-62-60-58-56-54-52-50-48-46-28-26-24-22-20-18-16-14-12-10-8-6-4-2/h21,23,74H,3-20,22,24-73,77H2,1-2H3,(H,80,81)/b23-21-. The van der Waals surface area contributed by atoms with E-state index in [9.17, 15) is 19.0 Å². The molecule has 2 unspecified atom stereocenters. The molecular formula is C76H150NO8P. The Bertz CT molecular complexity index is 1410. The minimum Gasteiger partial charge on any atom is -0.462 e. The Balaban J connectivity index is 3.71. The lowest BCUT2D eigenvalue weighted by molar-refractivity contribution is -0.161. The zero-order chi connectivity index (χ0) is 62.3. The third-order valence-electron chi connectivity index (χ3n) is 17.9. The van der Waals surface area contributed by atoms with Crippen molar-refractivity contribution < 1.29 is 37.6 Å². The molecule has 0 aromatic carbocycles. The predicted octanol–water partition coefficient (Wildman–Crippen LogP) is 25.5. The van der Waals surface area contributed by atoms with E-state index < -0.39 is 26.5 Å². The minimum atomic E-state index is -4.39. The number of rotatable bonds is 75. The summed E-state index contributed by atoms with van der Waals surface area (Å²) in [5, 5.41) is 0. The van der Waals surface area contributed by atoms with Gasteiger partial charge in [0.1, 0.15) is 6.61 Å². The number of esters is 2. The van der Waals surface area contributed by atoms with E-state index in [2.05, 4.69) is 26.0 Å². The van der Waals surface area contributed by atoms with Crippen molar-refractivity contribution in [3.63, 3.8) is 0 Å². The molecule has 0 aliphatic heterocycles. The molecule has 0 aromatic heterocycles. The number of nitrogens with two attached hydrogens (primary N) is 1. The van der Waals surface area contributed by atoms with Crippen molar-refractivity contribution >= 4 is 19.8 Å². The van der Waals surface area contributed by atoms with Gasteiger partial charge in [0.05, 0.1) is 13.2 Å². The Morgan fingerprint density at radius 1 is 0.337 bits per heavy atom. The third-order valence-corrected chi connectivity index (χ3v) is 18.9. The van der Waals surface area contributed by atoms with Gasteiger partial charge < -0.3 is 20.1 Å². The monoisotopic (exact) mass is 1240 g/mol. The Hall–Kier alpha value is -1.25. The molecule has 3 N–H and O–H groups in total. The molecule has 0 aliphatic carbocycles.